The van der Waals surface area contributed by atoms with Crippen molar-refractivity contribution in [3.63, 3.8) is 0 Å². The second-order valence-corrected chi connectivity index (χ2v) is 6.99. The van der Waals surface area contributed by atoms with E-state index in [-0.39, 0.29) is 17.9 Å². The van der Waals surface area contributed by atoms with Crippen LogP contribution in [0, 0.1) is 0 Å². The van der Waals surface area contributed by atoms with E-state index in [2.05, 4.69) is 16.3 Å². The average molecular weight is 323 g/mol. The van der Waals surface area contributed by atoms with Crippen molar-refractivity contribution in [2.45, 2.75) is 32.7 Å². The molecule has 2 amide bonds. The second-order valence-electron chi connectivity index (χ2n) is 5.96. The number of carbonyl (C=O) groups is 2. The molecule has 0 aromatic carbocycles. The van der Waals surface area contributed by atoms with Crippen molar-refractivity contribution in [3.05, 3.63) is 22.4 Å². The van der Waals surface area contributed by atoms with Crippen LogP contribution in [0.1, 0.15) is 25.1 Å². The summed E-state index contributed by atoms with van der Waals surface area (Å²) in [5.41, 5.74) is 0. The minimum absolute atomic E-state index is 0.0625. The number of amides is 2. The molecule has 1 saturated heterocycles. The summed E-state index contributed by atoms with van der Waals surface area (Å²) < 4.78 is 0. The maximum atomic E-state index is 12.2. The summed E-state index contributed by atoms with van der Waals surface area (Å²) >= 11 is 1.70. The minimum atomic E-state index is 0.0625. The Morgan fingerprint density at radius 1 is 1.27 bits per heavy atom. The van der Waals surface area contributed by atoms with Gasteiger partial charge in [-0.15, -0.1) is 11.3 Å². The standard InChI is InChI=1S/C16H25N3O2S/c1-13(2)17-15(20)12-18-7-9-19(10-8-18)16(21)6-5-14-4-3-11-22-14/h3-4,11,13H,5-10,12H2,1-2H3,(H,17,20). The third kappa shape index (κ3) is 5.42. The number of carbonyl (C=O) groups excluding carboxylic acids is 2. The summed E-state index contributed by atoms with van der Waals surface area (Å²) in [6.45, 7) is 7.34. The minimum Gasteiger partial charge on any atom is -0.353 e. The molecule has 0 spiro atoms. The summed E-state index contributed by atoms with van der Waals surface area (Å²) in [6.07, 6.45) is 1.40. The van der Waals surface area contributed by atoms with Gasteiger partial charge in [-0.1, -0.05) is 6.07 Å². The summed E-state index contributed by atoms with van der Waals surface area (Å²) in [4.78, 5) is 29.2. The molecular formula is C16H25N3O2S. The van der Waals surface area contributed by atoms with Gasteiger partial charge >= 0.3 is 0 Å². The number of aryl methyl sites for hydroxylation is 1. The van der Waals surface area contributed by atoms with Crippen LogP contribution in [-0.4, -0.2) is 60.4 Å². The Balaban J connectivity index is 1.67. The first-order valence-corrected chi connectivity index (χ1v) is 8.74. The lowest BCUT2D eigenvalue weighted by Gasteiger charge is -2.34. The summed E-state index contributed by atoms with van der Waals surface area (Å²) in [5.74, 6) is 0.284. The van der Waals surface area contributed by atoms with E-state index in [1.165, 1.54) is 4.88 Å². The fraction of sp³-hybridized carbons (Fsp3) is 0.625. The highest BCUT2D eigenvalue weighted by molar-refractivity contribution is 7.09. The first-order valence-electron chi connectivity index (χ1n) is 7.86. The van der Waals surface area contributed by atoms with Crippen LogP contribution in [0.3, 0.4) is 0 Å². The van der Waals surface area contributed by atoms with Crippen molar-refractivity contribution in [2.75, 3.05) is 32.7 Å². The van der Waals surface area contributed by atoms with Gasteiger partial charge < -0.3 is 10.2 Å². The molecule has 6 heteroatoms. The highest BCUT2D eigenvalue weighted by Crippen LogP contribution is 2.12. The van der Waals surface area contributed by atoms with Gasteiger partial charge in [0, 0.05) is 43.5 Å². The van der Waals surface area contributed by atoms with Crippen LogP contribution < -0.4 is 5.32 Å². The molecule has 1 fully saturated rings. The molecule has 0 aliphatic carbocycles. The normalized spacial score (nSPS) is 16.0. The topological polar surface area (TPSA) is 52.7 Å². The van der Waals surface area contributed by atoms with Gasteiger partial charge in [0.15, 0.2) is 0 Å². The van der Waals surface area contributed by atoms with Crippen LogP contribution >= 0.6 is 11.3 Å². The predicted molar refractivity (Wildman–Crippen MR) is 88.9 cm³/mol. The number of hydrogen-bond donors (Lipinski definition) is 1. The van der Waals surface area contributed by atoms with Crippen LogP contribution in [0.5, 0.6) is 0 Å². The fourth-order valence-corrected chi connectivity index (χ4v) is 3.28. The highest BCUT2D eigenvalue weighted by atomic mass is 32.1. The summed E-state index contributed by atoms with van der Waals surface area (Å²) in [7, 11) is 0. The molecule has 0 atom stereocenters. The number of nitrogens with one attached hydrogen (secondary N) is 1. The Morgan fingerprint density at radius 2 is 2.00 bits per heavy atom. The van der Waals surface area contributed by atoms with Gasteiger partial charge in [-0.3, -0.25) is 14.5 Å². The molecule has 1 N–H and O–H groups in total. The van der Waals surface area contributed by atoms with Gasteiger partial charge in [0.2, 0.25) is 11.8 Å². The molecule has 1 aromatic rings. The van der Waals surface area contributed by atoms with Gasteiger partial charge in [-0.25, -0.2) is 0 Å². The zero-order chi connectivity index (χ0) is 15.9. The quantitative estimate of drug-likeness (QED) is 0.860. The second kappa shape index (κ2) is 8.29. The maximum Gasteiger partial charge on any atom is 0.234 e. The zero-order valence-electron chi connectivity index (χ0n) is 13.4. The Hall–Kier alpha value is -1.40. The zero-order valence-corrected chi connectivity index (χ0v) is 14.2. The van der Waals surface area contributed by atoms with Crippen molar-refractivity contribution in [1.29, 1.82) is 0 Å². The van der Waals surface area contributed by atoms with Gasteiger partial charge in [-0.2, -0.15) is 0 Å². The fourth-order valence-electron chi connectivity index (χ4n) is 2.57. The average Bonchev–Trinajstić information content (AvgIpc) is 2.98. The first kappa shape index (κ1) is 17.0. The SMILES string of the molecule is CC(C)NC(=O)CN1CCN(C(=O)CCc2cccs2)CC1. The van der Waals surface area contributed by atoms with E-state index in [4.69, 9.17) is 0 Å². The number of nitrogens with zero attached hydrogens (tertiary/aromatic N) is 2. The van der Waals surface area contributed by atoms with Gasteiger partial charge in [0.25, 0.3) is 0 Å². The van der Waals surface area contributed by atoms with Crippen molar-refractivity contribution >= 4 is 23.2 Å². The van der Waals surface area contributed by atoms with E-state index >= 15 is 0 Å². The summed E-state index contributed by atoms with van der Waals surface area (Å²) in [6, 6.07) is 4.27. The molecule has 2 rings (SSSR count). The van der Waals surface area contributed by atoms with Gasteiger partial charge in [0.1, 0.15) is 0 Å². The molecule has 0 bridgehead atoms. The molecule has 2 heterocycles. The van der Waals surface area contributed by atoms with Crippen LogP contribution in [0.25, 0.3) is 0 Å². The smallest absolute Gasteiger partial charge is 0.234 e. The Bertz CT molecular complexity index is 480. The molecule has 0 saturated carbocycles. The molecule has 0 unspecified atom stereocenters. The third-order valence-electron chi connectivity index (χ3n) is 3.71. The lowest BCUT2D eigenvalue weighted by Crippen LogP contribution is -2.51. The molecule has 22 heavy (non-hydrogen) atoms. The first-order chi connectivity index (χ1) is 10.5. The van der Waals surface area contributed by atoms with Crippen LogP contribution in [0.4, 0.5) is 0 Å². The van der Waals surface area contributed by atoms with Gasteiger partial charge in [0.05, 0.1) is 6.54 Å². The lowest BCUT2D eigenvalue weighted by atomic mass is 10.2. The van der Waals surface area contributed by atoms with Crippen molar-refractivity contribution < 1.29 is 9.59 Å². The number of hydrogen-bond acceptors (Lipinski definition) is 4. The van der Waals surface area contributed by atoms with Crippen molar-refractivity contribution in [2.24, 2.45) is 0 Å². The van der Waals surface area contributed by atoms with Crippen molar-refractivity contribution in [3.8, 4) is 0 Å². The van der Waals surface area contributed by atoms with Crippen LogP contribution in [0.15, 0.2) is 17.5 Å². The third-order valence-corrected chi connectivity index (χ3v) is 4.64. The monoisotopic (exact) mass is 323 g/mol. The molecule has 1 aliphatic rings. The van der Waals surface area contributed by atoms with E-state index in [1.807, 2.05) is 30.2 Å². The summed E-state index contributed by atoms with van der Waals surface area (Å²) in [5, 5.41) is 4.94. The molecule has 0 radical (unpaired) electrons. The van der Waals surface area contributed by atoms with Crippen LogP contribution in [-0.2, 0) is 16.0 Å². The van der Waals surface area contributed by atoms with Crippen LogP contribution in [0.2, 0.25) is 0 Å². The molecular weight excluding hydrogens is 298 g/mol. The van der Waals surface area contributed by atoms with E-state index in [9.17, 15) is 9.59 Å². The molecule has 122 valence electrons. The number of rotatable bonds is 6. The number of piperazine rings is 1. The predicted octanol–water partition coefficient (Wildman–Crippen LogP) is 1.35. The number of thiophene rings is 1. The Kier molecular flexibility index (Phi) is 6.39. The van der Waals surface area contributed by atoms with E-state index < -0.39 is 0 Å². The highest BCUT2D eigenvalue weighted by Gasteiger charge is 2.22. The van der Waals surface area contributed by atoms with Gasteiger partial charge in [-0.05, 0) is 31.7 Å². The molecule has 5 nitrogen and oxygen atoms in total. The molecule has 1 aromatic heterocycles. The lowest BCUT2D eigenvalue weighted by molar-refractivity contribution is -0.133. The Morgan fingerprint density at radius 3 is 2.59 bits per heavy atom. The van der Waals surface area contributed by atoms with E-state index in [0.717, 1.165) is 32.6 Å². The van der Waals surface area contributed by atoms with Crippen molar-refractivity contribution in [1.82, 2.24) is 15.1 Å². The maximum absolute atomic E-state index is 12.2. The molecule has 1 aliphatic heterocycles. The van der Waals surface area contributed by atoms with E-state index in [0.29, 0.717) is 13.0 Å². The van der Waals surface area contributed by atoms with E-state index in [1.54, 1.807) is 11.3 Å². The Labute approximate surface area is 136 Å². The largest absolute Gasteiger partial charge is 0.353 e.